The smallest absolute Gasteiger partial charge is 0.255 e. The van der Waals surface area contributed by atoms with Crippen molar-refractivity contribution < 1.29 is 9.18 Å². The van der Waals surface area contributed by atoms with Gasteiger partial charge in [0.1, 0.15) is 5.82 Å². The molecule has 0 radical (unpaired) electrons. The lowest BCUT2D eigenvalue weighted by atomic mass is 10.0. The van der Waals surface area contributed by atoms with Gasteiger partial charge in [-0.2, -0.15) is 0 Å². The molecule has 2 aromatic rings. The molecule has 4 heteroatoms. The fourth-order valence-electron chi connectivity index (χ4n) is 1.80. The minimum absolute atomic E-state index is 0.215. The molecule has 0 unspecified atom stereocenters. The predicted molar refractivity (Wildman–Crippen MR) is 82.6 cm³/mol. The van der Waals surface area contributed by atoms with Crippen molar-refractivity contribution in [1.29, 1.82) is 0 Å². The Labute approximate surface area is 126 Å². The van der Waals surface area contributed by atoms with E-state index in [-0.39, 0.29) is 11.7 Å². The van der Waals surface area contributed by atoms with Crippen molar-refractivity contribution in [3.05, 3.63) is 63.9 Å². The minimum atomic E-state index is -0.351. The van der Waals surface area contributed by atoms with E-state index in [9.17, 15) is 9.18 Å². The lowest BCUT2D eigenvalue weighted by Gasteiger charge is -2.09. The zero-order valence-corrected chi connectivity index (χ0v) is 12.9. The van der Waals surface area contributed by atoms with Crippen molar-refractivity contribution in [2.45, 2.75) is 19.8 Å². The van der Waals surface area contributed by atoms with Crippen molar-refractivity contribution in [2.24, 2.45) is 0 Å². The van der Waals surface area contributed by atoms with Gasteiger partial charge >= 0.3 is 0 Å². The zero-order valence-electron chi connectivity index (χ0n) is 11.3. The summed E-state index contributed by atoms with van der Waals surface area (Å²) >= 11 is 3.22. The maximum Gasteiger partial charge on any atom is 0.255 e. The number of carbonyl (C=O) groups is 1. The summed E-state index contributed by atoms with van der Waals surface area (Å²) in [7, 11) is 0. The molecule has 1 amide bonds. The highest BCUT2D eigenvalue weighted by molar-refractivity contribution is 9.10. The maximum atomic E-state index is 13.0. The van der Waals surface area contributed by atoms with Crippen LogP contribution < -0.4 is 5.32 Å². The lowest BCUT2D eigenvalue weighted by Crippen LogP contribution is -2.12. The number of nitrogens with one attached hydrogen (secondary N) is 1. The average Bonchev–Trinajstić information content (AvgIpc) is 2.42. The van der Waals surface area contributed by atoms with E-state index in [1.165, 1.54) is 23.8 Å². The van der Waals surface area contributed by atoms with Gasteiger partial charge in [-0.1, -0.05) is 26.0 Å². The second-order valence-electron chi connectivity index (χ2n) is 4.86. The first-order chi connectivity index (χ1) is 9.47. The maximum absolute atomic E-state index is 13.0. The van der Waals surface area contributed by atoms with Crippen LogP contribution in [0.3, 0.4) is 0 Å². The molecular formula is C16H15BrFNO. The fraction of sp³-hybridized carbons (Fsp3) is 0.188. The van der Waals surface area contributed by atoms with Crippen LogP contribution in [-0.2, 0) is 0 Å². The van der Waals surface area contributed by atoms with E-state index in [1.807, 2.05) is 12.1 Å². The summed E-state index contributed by atoms with van der Waals surface area (Å²) in [4.78, 5) is 12.1. The monoisotopic (exact) mass is 335 g/mol. The zero-order chi connectivity index (χ0) is 14.7. The molecule has 20 heavy (non-hydrogen) atoms. The topological polar surface area (TPSA) is 29.1 Å². The highest BCUT2D eigenvalue weighted by Crippen LogP contribution is 2.24. The highest BCUT2D eigenvalue weighted by Gasteiger charge is 2.09. The molecule has 0 aliphatic carbocycles. The largest absolute Gasteiger partial charge is 0.321 e. The van der Waals surface area contributed by atoms with Crippen LogP contribution in [0.5, 0.6) is 0 Å². The van der Waals surface area contributed by atoms with E-state index < -0.39 is 0 Å². The SMILES string of the molecule is CC(C)c1ccc(C(=O)Nc2ccc(F)cc2Br)cc1. The summed E-state index contributed by atoms with van der Waals surface area (Å²) in [5.74, 6) is -0.137. The molecule has 0 aromatic heterocycles. The average molecular weight is 336 g/mol. The summed E-state index contributed by atoms with van der Waals surface area (Å²) in [5.41, 5.74) is 2.31. The Kier molecular flexibility index (Phi) is 4.55. The van der Waals surface area contributed by atoms with Crippen LogP contribution in [0.25, 0.3) is 0 Å². The second-order valence-corrected chi connectivity index (χ2v) is 5.71. The Bertz CT molecular complexity index is 623. The fourth-order valence-corrected chi connectivity index (χ4v) is 2.25. The molecule has 2 nitrogen and oxygen atoms in total. The van der Waals surface area contributed by atoms with Crippen LogP contribution in [0.2, 0.25) is 0 Å². The van der Waals surface area contributed by atoms with Crippen LogP contribution >= 0.6 is 15.9 Å². The predicted octanol–water partition coefficient (Wildman–Crippen LogP) is 4.96. The Morgan fingerprint density at radius 3 is 2.35 bits per heavy atom. The number of hydrogen-bond donors (Lipinski definition) is 1. The van der Waals surface area contributed by atoms with E-state index in [0.717, 1.165) is 0 Å². The van der Waals surface area contributed by atoms with Crippen molar-refractivity contribution in [1.82, 2.24) is 0 Å². The van der Waals surface area contributed by atoms with Gasteiger partial charge in [-0.15, -0.1) is 0 Å². The molecule has 0 spiro atoms. The van der Waals surface area contributed by atoms with E-state index in [1.54, 1.807) is 12.1 Å². The number of carbonyl (C=O) groups excluding carboxylic acids is 1. The number of amides is 1. The molecule has 2 aromatic carbocycles. The molecule has 0 heterocycles. The Balaban J connectivity index is 2.15. The van der Waals surface area contributed by atoms with Gasteiger partial charge in [-0.3, -0.25) is 4.79 Å². The van der Waals surface area contributed by atoms with Crippen LogP contribution in [0, 0.1) is 5.82 Å². The first-order valence-electron chi connectivity index (χ1n) is 6.33. The third kappa shape index (κ3) is 3.45. The Morgan fingerprint density at radius 2 is 1.80 bits per heavy atom. The van der Waals surface area contributed by atoms with Gasteiger partial charge in [0.15, 0.2) is 0 Å². The standard InChI is InChI=1S/C16H15BrFNO/c1-10(2)11-3-5-12(6-4-11)16(20)19-15-8-7-13(18)9-14(15)17/h3-10H,1-2H3,(H,19,20). The van der Waals surface area contributed by atoms with E-state index in [0.29, 0.717) is 21.6 Å². The third-order valence-corrected chi connectivity index (χ3v) is 3.67. The van der Waals surface area contributed by atoms with E-state index in [2.05, 4.69) is 35.1 Å². The molecule has 0 saturated heterocycles. The lowest BCUT2D eigenvalue weighted by molar-refractivity contribution is 0.102. The van der Waals surface area contributed by atoms with Gasteiger partial charge in [0, 0.05) is 10.0 Å². The van der Waals surface area contributed by atoms with E-state index in [4.69, 9.17) is 0 Å². The minimum Gasteiger partial charge on any atom is -0.321 e. The van der Waals surface area contributed by atoms with Crippen molar-refractivity contribution >= 4 is 27.5 Å². The Morgan fingerprint density at radius 1 is 1.15 bits per heavy atom. The number of hydrogen-bond acceptors (Lipinski definition) is 1. The molecule has 2 rings (SSSR count). The second kappa shape index (κ2) is 6.18. The molecule has 104 valence electrons. The van der Waals surface area contributed by atoms with Gasteiger partial charge in [-0.05, 0) is 57.7 Å². The summed E-state index contributed by atoms with van der Waals surface area (Å²) in [6.07, 6.45) is 0. The summed E-state index contributed by atoms with van der Waals surface area (Å²) in [6.45, 7) is 4.20. The molecule has 0 fully saturated rings. The molecule has 0 bridgehead atoms. The van der Waals surface area contributed by atoms with Gasteiger partial charge in [-0.25, -0.2) is 4.39 Å². The van der Waals surface area contributed by atoms with Crippen LogP contribution in [-0.4, -0.2) is 5.91 Å². The van der Waals surface area contributed by atoms with Crippen molar-refractivity contribution in [3.8, 4) is 0 Å². The highest BCUT2D eigenvalue weighted by atomic mass is 79.9. The summed E-state index contributed by atoms with van der Waals surface area (Å²) in [6, 6.07) is 11.6. The van der Waals surface area contributed by atoms with Crippen LogP contribution in [0.15, 0.2) is 46.9 Å². The van der Waals surface area contributed by atoms with E-state index >= 15 is 0 Å². The molecular weight excluding hydrogens is 321 g/mol. The number of benzene rings is 2. The third-order valence-electron chi connectivity index (χ3n) is 3.02. The molecule has 0 saturated carbocycles. The summed E-state index contributed by atoms with van der Waals surface area (Å²) in [5, 5.41) is 2.75. The van der Waals surface area contributed by atoms with Crippen LogP contribution in [0.4, 0.5) is 10.1 Å². The van der Waals surface area contributed by atoms with Gasteiger partial charge in [0.25, 0.3) is 5.91 Å². The number of halogens is 2. The van der Waals surface area contributed by atoms with Gasteiger partial charge in [0.05, 0.1) is 5.69 Å². The number of rotatable bonds is 3. The molecule has 1 N–H and O–H groups in total. The van der Waals surface area contributed by atoms with Gasteiger partial charge in [0.2, 0.25) is 0 Å². The van der Waals surface area contributed by atoms with Crippen molar-refractivity contribution in [2.75, 3.05) is 5.32 Å². The van der Waals surface area contributed by atoms with Gasteiger partial charge < -0.3 is 5.32 Å². The molecule has 0 atom stereocenters. The normalized spacial score (nSPS) is 10.7. The number of anilines is 1. The first-order valence-corrected chi connectivity index (χ1v) is 7.13. The summed E-state index contributed by atoms with van der Waals surface area (Å²) < 4.78 is 13.5. The quantitative estimate of drug-likeness (QED) is 0.843. The van der Waals surface area contributed by atoms with Crippen LogP contribution in [0.1, 0.15) is 35.7 Å². The first kappa shape index (κ1) is 14.7. The van der Waals surface area contributed by atoms with Crippen molar-refractivity contribution in [3.63, 3.8) is 0 Å². The molecule has 0 aliphatic heterocycles. The Hall–Kier alpha value is -1.68. The molecule has 0 aliphatic rings.